The second-order valence-corrected chi connectivity index (χ2v) is 5.86. The van der Waals surface area contributed by atoms with E-state index in [1.165, 1.54) is 0 Å². The fourth-order valence-electron chi connectivity index (χ4n) is 2.52. The maximum Gasteiger partial charge on any atom is 0.166 e. The van der Waals surface area contributed by atoms with Crippen molar-refractivity contribution in [3.8, 4) is 23.0 Å². The molecule has 24 heavy (non-hydrogen) atoms. The predicted molar refractivity (Wildman–Crippen MR) is 91.6 cm³/mol. The number of ether oxygens (including phenoxy) is 2. The van der Waals surface area contributed by atoms with E-state index in [0.29, 0.717) is 29.6 Å². The van der Waals surface area contributed by atoms with Gasteiger partial charge in [0.2, 0.25) is 0 Å². The van der Waals surface area contributed by atoms with Gasteiger partial charge in [0.15, 0.2) is 28.8 Å². The minimum atomic E-state index is 0.228. The van der Waals surface area contributed by atoms with Crippen LogP contribution in [0.25, 0.3) is 11.5 Å². The molecular weight excluding hydrogens is 306 g/mol. The Hall–Kier alpha value is -2.83. The van der Waals surface area contributed by atoms with Crippen LogP contribution in [-0.4, -0.2) is 33.7 Å². The summed E-state index contributed by atoms with van der Waals surface area (Å²) in [6.07, 6.45) is 1.69. The van der Waals surface area contributed by atoms with Crippen molar-refractivity contribution >= 4 is 5.82 Å². The van der Waals surface area contributed by atoms with Crippen LogP contribution in [0.15, 0.2) is 24.5 Å². The second kappa shape index (κ2) is 6.35. The summed E-state index contributed by atoms with van der Waals surface area (Å²) in [6, 6.07) is 5.80. The molecule has 7 heteroatoms. The van der Waals surface area contributed by atoms with Gasteiger partial charge in [0.25, 0.3) is 0 Å². The summed E-state index contributed by atoms with van der Waals surface area (Å²) in [4.78, 5) is 13.4. The Kier molecular flexibility index (Phi) is 4.24. The van der Waals surface area contributed by atoms with Crippen molar-refractivity contribution in [1.82, 2.24) is 19.5 Å². The molecule has 0 aromatic heterocycles. The Morgan fingerprint density at radius 3 is 2.54 bits per heavy atom. The van der Waals surface area contributed by atoms with Gasteiger partial charge in [-0.2, -0.15) is 0 Å². The topological polar surface area (TPSA) is 88.1 Å². The van der Waals surface area contributed by atoms with Gasteiger partial charge in [-0.3, -0.25) is 0 Å². The lowest BCUT2D eigenvalue weighted by Gasteiger charge is -2.13. The smallest absolute Gasteiger partial charge is 0.166 e. The van der Waals surface area contributed by atoms with Gasteiger partial charge in [0, 0.05) is 5.92 Å². The first-order chi connectivity index (χ1) is 11.5. The minimum Gasteiger partial charge on any atom is -0.493 e. The number of rotatable bonds is 5. The molecule has 2 aliphatic rings. The van der Waals surface area contributed by atoms with Crippen LogP contribution < -0.4 is 15.2 Å². The van der Waals surface area contributed by atoms with Gasteiger partial charge in [-0.15, -0.1) is 0 Å². The van der Waals surface area contributed by atoms with Crippen molar-refractivity contribution < 1.29 is 9.47 Å². The Morgan fingerprint density at radius 2 is 1.88 bits per heavy atom. The summed E-state index contributed by atoms with van der Waals surface area (Å²) >= 11 is 0. The van der Waals surface area contributed by atoms with Crippen molar-refractivity contribution in [2.45, 2.75) is 26.3 Å². The molecule has 1 aromatic rings. The molecule has 0 radical (unpaired) electrons. The lowest BCUT2D eigenvalue weighted by Crippen LogP contribution is -2.09. The zero-order valence-corrected chi connectivity index (χ0v) is 14.3. The van der Waals surface area contributed by atoms with Crippen LogP contribution in [-0.2, 0) is 6.54 Å². The first kappa shape index (κ1) is 16.0. The molecule has 0 fully saturated rings. The molecule has 0 atom stereocenters. The number of nitrogen functional groups attached to an aromatic ring is 1. The van der Waals surface area contributed by atoms with E-state index < -0.39 is 0 Å². The van der Waals surface area contributed by atoms with Gasteiger partial charge >= 0.3 is 0 Å². The number of nitrogens with two attached hydrogens (primary N) is 1. The number of imidazole rings is 1. The van der Waals surface area contributed by atoms with E-state index in [9.17, 15) is 0 Å². The Balaban J connectivity index is 2.00. The van der Waals surface area contributed by atoms with E-state index in [1.807, 2.05) is 22.8 Å². The third kappa shape index (κ3) is 2.84. The summed E-state index contributed by atoms with van der Waals surface area (Å²) in [7, 11) is 3.24. The Bertz CT molecular complexity index is 828. The maximum absolute atomic E-state index is 5.95. The summed E-state index contributed by atoms with van der Waals surface area (Å²) in [5, 5.41) is 0. The molecule has 3 rings (SSSR count). The van der Waals surface area contributed by atoms with Crippen LogP contribution in [0.2, 0.25) is 0 Å². The standard InChI is InChI=1S/C17H21N5O2/c1-10(2)16-20-14-15(18)19-9-22(17(14)21-16)8-11-5-6-12(23-3)13(7-11)24-4/h5-7,9-10H,8,18H2,1-4H3. The zero-order chi connectivity index (χ0) is 17.3. The maximum atomic E-state index is 5.95. The molecule has 0 aliphatic carbocycles. The van der Waals surface area contributed by atoms with Crippen molar-refractivity contribution in [2.75, 3.05) is 20.0 Å². The van der Waals surface area contributed by atoms with Gasteiger partial charge in [0.05, 0.1) is 27.1 Å². The molecule has 0 saturated carbocycles. The lowest BCUT2D eigenvalue weighted by molar-refractivity contribution is 0.354. The summed E-state index contributed by atoms with van der Waals surface area (Å²) in [6.45, 7) is 4.69. The van der Waals surface area contributed by atoms with Gasteiger partial charge in [0.1, 0.15) is 5.82 Å². The molecule has 0 saturated heterocycles. The van der Waals surface area contributed by atoms with Crippen molar-refractivity contribution in [2.24, 2.45) is 0 Å². The molecule has 7 nitrogen and oxygen atoms in total. The predicted octanol–water partition coefficient (Wildman–Crippen LogP) is 2.55. The fourth-order valence-corrected chi connectivity index (χ4v) is 2.52. The quantitative estimate of drug-likeness (QED) is 0.775. The molecule has 2 heterocycles. The highest BCUT2D eigenvalue weighted by Crippen LogP contribution is 2.30. The van der Waals surface area contributed by atoms with Crippen LogP contribution in [0, 0.1) is 0 Å². The summed E-state index contributed by atoms with van der Waals surface area (Å²) < 4.78 is 12.6. The van der Waals surface area contributed by atoms with E-state index in [4.69, 9.17) is 15.2 Å². The van der Waals surface area contributed by atoms with E-state index in [-0.39, 0.29) is 5.92 Å². The van der Waals surface area contributed by atoms with Gasteiger partial charge in [-0.25, -0.2) is 15.0 Å². The lowest BCUT2D eigenvalue weighted by atomic mass is 10.2. The van der Waals surface area contributed by atoms with Crippen molar-refractivity contribution in [1.29, 1.82) is 0 Å². The van der Waals surface area contributed by atoms with E-state index >= 15 is 0 Å². The van der Waals surface area contributed by atoms with Crippen LogP contribution in [0.4, 0.5) is 5.82 Å². The van der Waals surface area contributed by atoms with Gasteiger partial charge in [-0.1, -0.05) is 19.9 Å². The molecular formula is C17H21N5O2. The van der Waals surface area contributed by atoms with Gasteiger partial charge in [-0.05, 0) is 17.7 Å². The first-order valence-electron chi connectivity index (χ1n) is 7.72. The summed E-state index contributed by atoms with van der Waals surface area (Å²) in [5.74, 6) is 3.51. The average Bonchev–Trinajstić information content (AvgIpc) is 3.04. The molecule has 1 aromatic carbocycles. The largest absolute Gasteiger partial charge is 0.493 e. The van der Waals surface area contributed by atoms with Crippen LogP contribution >= 0.6 is 0 Å². The number of hydrogen-bond donors (Lipinski definition) is 1. The Morgan fingerprint density at radius 1 is 1.12 bits per heavy atom. The van der Waals surface area contributed by atoms with E-state index in [1.54, 1.807) is 20.5 Å². The van der Waals surface area contributed by atoms with Crippen LogP contribution in [0.5, 0.6) is 11.5 Å². The minimum absolute atomic E-state index is 0.228. The third-order valence-corrected chi connectivity index (χ3v) is 3.83. The molecule has 0 bridgehead atoms. The van der Waals surface area contributed by atoms with E-state index in [0.717, 1.165) is 17.2 Å². The number of hydrogen-bond acceptors (Lipinski definition) is 6. The third-order valence-electron chi connectivity index (χ3n) is 3.83. The number of fused-ring (bicyclic) bond motifs is 1. The molecule has 0 spiro atoms. The highest BCUT2D eigenvalue weighted by molar-refractivity contribution is 5.65. The molecule has 126 valence electrons. The fraction of sp³-hybridized carbons (Fsp3) is 0.353. The van der Waals surface area contributed by atoms with Crippen molar-refractivity contribution in [3.05, 3.63) is 35.9 Å². The number of methoxy groups -OCH3 is 2. The monoisotopic (exact) mass is 327 g/mol. The van der Waals surface area contributed by atoms with E-state index in [2.05, 4.69) is 28.8 Å². The number of aromatic nitrogens is 4. The van der Waals surface area contributed by atoms with Crippen molar-refractivity contribution in [3.63, 3.8) is 0 Å². The Labute approximate surface area is 140 Å². The molecule has 0 unspecified atom stereocenters. The number of benzene rings is 1. The van der Waals surface area contributed by atoms with Crippen LogP contribution in [0.1, 0.15) is 31.2 Å². The molecule has 2 aliphatic heterocycles. The zero-order valence-electron chi connectivity index (χ0n) is 14.3. The van der Waals surface area contributed by atoms with Crippen LogP contribution in [0.3, 0.4) is 0 Å². The second-order valence-electron chi connectivity index (χ2n) is 5.86. The molecule has 0 amide bonds. The molecule has 2 N–H and O–H groups in total. The van der Waals surface area contributed by atoms with Gasteiger partial charge < -0.3 is 19.8 Å². The number of nitrogens with zero attached hydrogens (tertiary/aromatic N) is 4. The number of anilines is 1. The SMILES string of the molecule is COc1ccc(Cn2cnc(N)c3nc(C(C)C)nc2-3)cc1OC. The normalized spacial score (nSPS) is 11.2. The highest BCUT2D eigenvalue weighted by Gasteiger charge is 2.20. The first-order valence-corrected chi connectivity index (χ1v) is 7.72. The highest BCUT2D eigenvalue weighted by atomic mass is 16.5. The summed E-state index contributed by atoms with van der Waals surface area (Å²) in [5.41, 5.74) is 7.63. The average molecular weight is 327 g/mol.